The highest BCUT2D eigenvalue weighted by Gasteiger charge is 2.36. The predicted molar refractivity (Wildman–Crippen MR) is 113 cm³/mol. The van der Waals surface area contributed by atoms with Crippen LogP contribution in [0.5, 0.6) is 0 Å². The molecule has 0 heterocycles. The molecule has 0 bridgehead atoms. The van der Waals surface area contributed by atoms with E-state index in [0.717, 1.165) is 16.7 Å². The van der Waals surface area contributed by atoms with E-state index in [1.807, 2.05) is 54.6 Å². The molecule has 0 spiro atoms. The maximum Gasteiger partial charge on any atom is 0.316 e. The lowest BCUT2D eigenvalue weighted by Gasteiger charge is -2.36. The maximum absolute atomic E-state index is 11.5. The molecule has 3 aromatic carbocycles. The zero-order valence-corrected chi connectivity index (χ0v) is 16.2. The van der Waals surface area contributed by atoms with Crippen LogP contribution in [0.1, 0.15) is 36.0 Å². The van der Waals surface area contributed by atoms with Crippen LogP contribution in [0.2, 0.25) is 0 Å². The minimum Gasteiger partial charge on any atom is -0.481 e. The Balaban J connectivity index is 2.08. The van der Waals surface area contributed by atoms with Crippen molar-refractivity contribution in [1.82, 2.24) is 0 Å². The molecule has 3 aromatic rings. The molecule has 0 saturated heterocycles. The first kappa shape index (κ1) is 20.3. The average molecular weight is 387 g/mol. The summed E-state index contributed by atoms with van der Waals surface area (Å²) >= 11 is 0. The van der Waals surface area contributed by atoms with Gasteiger partial charge in [0.05, 0.1) is 0 Å². The summed E-state index contributed by atoms with van der Waals surface area (Å²) in [5.41, 5.74) is 8.23. The molecule has 3 rings (SSSR count). The second kappa shape index (κ2) is 9.20. The monoisotopic (exact) mass is 387 g/mol. The third kappa shape index (κ3) is 4.37. The molecule has 148 valence electrons. The van der Waals surface area contributed by atoms with Crippen molar-refractivity contribution < 1.29 is 14.7 Å². The molecule has 0 radical (unpaired) electrons. The number of rotatable bonds is 9. The molecular formula is C25H25NO3. The summed E-state index contributed by atoms with van der Waals surface area (Å²) in [6, 6.07) is 30.6. The lowest BCUT2D eigenvalue weighted by atomic mass is 9.66. The average Bonchev–Trinajstić information content (AvgIpc) is 2.75. The van der Waals surface area contributed by atoms with Crippen LogP contribution in [0, 0.1) is 5.92 Å². The lowest BCUT2D eigenvalue weighted by molar-refractivity contribution is -0.146. The van der Waals surface area contributed by atoms with Gasteiger partial charge in [-0.2, -0.15) is 0 Å². The van der Waals surface area contributed by atoms with Crippen molar-refractivity contribution in [2.75, 3.05) is 0 Å². The van der Waals surface area contributed by atoms with E-state index in [1.54, 1.807) is 0 Å². The zero-order valence-electron chi connectivity index (χ0n) is 16.2. The number of carboxylic acids is 1. The Kier molecular flexibility index (Phi) is 6.45. The number of carbonyl (C=O) groups is 2. The number of nitrogens with two attached hydrogens (primary N) is 1. The molecule has 0 aromatic heterocycles. The van der Waals surface area contributed by atoms with Gasteiger partial charge in [-0.05, 0) is 29.5 Å². The van der Waals surface area contributed by atoms with Crippen LogP contribution in [0.25, 0.3) is 0 Å². The van der Waals surface area contributed by atoms with Gasteiger partial charge in [0.1, 0.15) is 5.92 Å². The fraction of sp³-hybridized carbons (Fsp3) is 0.200. The van der Waals surface area contributed by atoms with Gasteiger partial charge < -0.3 is 10.8 Å². The molecule has 0 aliphatic rings. The molecule has 4 nitrogen and oxygen atoms in total. The van der Waals surface area contributed by atoms with Crippen molar-refractivity contribution >= 4 is 11.9 Å². The highest BCUT2D eigenvalue weighted by atomic mass is 16.4. The molecule has 0 fully saturated rings. The first-order valence-electron chi connectivity index (χ1n) is 9.74. The lowest BCUT2D eigenvalue weighted by Crippen LogP contribution is -2.32. The van der Waals surface area contributed by atoms with E-state index in [-0.39, 0.29) is 6.42 Å². The zero-order chi connectivity index (χ0) is 20.7. The Labute approximate surface area is 171 Å². The van der Waals surface area contributed by atoms with E-state index in [0.29, 0.717) is 12.8 Å². The largest absolute Gasteiger partial charge is 0.481 e. The minimum absolute atomic E-state index is 0.207. The van der Waals surface area contributed by atoms with Crippen molar-refractivity contribution in [3.63, 3.8) is 0 Å². The Morgan fingerprint density at radius 3 is 1.45 bits per heavy atom. The van der Waals surface area contributed by atoms with Gasteiger partial charge in [0.2, 0.25) is 5.91 Å². The molecule has 29 heavy (non-hydrogen) atoms. The van der Waals surface area contributed by atoms with Gasteiger partial charge >= 0.3 is 5.97 Å². The second-order valence-corrected chi connectivity index (χ2v) is 7.19. The molecule has 3 N–H and O–H groups in total. The number of hydrogen-bond donors (Lipinski definition) is 2. The van der Waals surface area contributed by atoms with Crippen molar-refractivity contribution in [1.29, 1.82) is 0 Å². The highest BCUT2D eigenvalue weighted by Crippen LogP contribution is 2.43. The summed E-state index contributed by atoms with van der Waals surface area (Å²) in [5.74, 6) is -3.13. The van der Waals surface area contributed by atoms with Crippen LogP contribution in [0.4, 0.5) is 0 Å². The highest BCUT2D eigenvalue weighted by molar-refractivity contribution is 5.95. The van der Waals surface area contributed by atoms with Crippen LogP contribution >= 0.6 is 0 Å². The third-order valence-corrected chi connectivity index (χ3v) is 5.49. The summed E-state index contributed by atoms with van der Waals surface area (Å²) in [7, 11) is 0. The van der Waals surface area contributed by atoms with E-state index in [4.69, 9.17) is 5.73 Å². The Morgan fingerprint density at radius 1 is 0.759 bits per heavy atom. The number of amides is 1. The molecule has 0 aliphatic carbocycles. The first-order valence-corrected chi connectivity index (χ1v) is 9.74. The normalized spacial score (nSPS) is 12.3. The summed E-state index contributed by atoms with van der Waals surface area (Å²) in [4.78, 5) is 23.0. The van der Waals surface area contributed by atoms with E-state index >= 15 is 0 Å². The fourth-order valence-corrected chi connectivity index (χ4v) is 4.06. The molecule has 1 unspecified atom stereocenters. The van der Waals surface area contributed by atoms with E-state index in [9.17, 15) is 14.7 Å². The molecular weight excluding hydrogens is 362 g/mol. The summed E-state index contributed by atoms with van der Waals surface area (Å²) in [6.07, 6.45) is 1.40. The number of hydrogen-bond acceptors (Lipinski definition) is 2. The van der Waals surface area contributed by atoms with Gasteiger partial charge in [0.15, 0.2) is 0 Å². The number of carboxylic acid groups (broad SMARTS) is 1. The van der Waals surface area contributed by atoms with E-state index in [1.165, 1.54) is 0 Å². The quantitative estimate of drug-likeness (QED) is 0.422. The molecule has 1 atom stereocenters. The number of primary amides is 1. The standard InChI is InChI=1S/C25H25NO3/c26-23(27)22(24(28)29)17-10-18-25(19-11-4-1-5-12-19,20-13-6-2-7-14-20)21-15-8-3-9-16-21/h1-9,11-16,22H,10,17-18H2,(H2,26,27)(H,28,29). The Bertz CT molecular complexity index is 829. The van der Waals surface area contributed by atoms with Gasteiger partial charge in [-0.3, -0.25) is 9.59 Å². The molecule has 0 aliphatic heterocycles. The SMILES string of the molecule is NC(=O)C(CCCC(c1ccccc1)(c1ccccc1)c1ccccc1)C(=O)O. The van der Waals surface area contributed by atoms with Crippen LogP contribution in [-0.4, -0.2) is 17.0 Å². The smallest absolute Gasteiger partial charge is 0.316 e. The van der Waals surface area contributed by atoms with Crippen molar-refractivity contribution in [3.8, 4) is 0 Å². The fourth-order valence-electron chi connectivity index (χ4n) is 4.06. The molecule has 4 heteroatoms. The van der Waals surface area contributed by atoms with Crippen LogP contribution in [-0.2, 0) is 15.0 Å². The Hall–Kier alpha value is -3.40. The van der Waals surface area contributed by atoms with Gasteiger partial charge in [-0.1, -0.05) is 97.4 Å². The summed E-state index contributed by atoms with van der Waals surface area (Å²) < 4.78 is 0. The number of aliphatic carboxylic acids is 1. The van der Waals surface area contributed by atoms with Crippen molar-refractivity contribution in [2.24, 2.45) is 11.7 Å². The predicted octanol–water partition coefficient (Wildman–Crippen LogP) is 4.38. The minimum atomic E-state index is -1.17. The molecule has 0 saturated carbocycles. The van der Waals surface area contributed by atoms with Crippen molar-refractivity contribution in [3.05, 3.63) is 108 Å². The summed E-state index contributed by atoms with van der Waals surface area (Å²) in [5, 5.41) is 9.32. The topological polar surface area (TPSA) is 80.4 Å². The van der Waals surface area contributed by atoms with Crippen LogP contribution in [0.15, 0.2) is 91.0 Å². The number of carbonyl (C=O) groups excluding carboxylic acids is 1. The first-order chi connectivity index (χ1) is 14.1. The van der Waals surface area contributed by atoms with E-state index in [2.05, 4.69) is 36.4 Å². The van der Waals surface area contributed by atoms with E-state index < -0.39 is 23.2 Å². The Morgan fingerprint density at radius 2 is 1.14 bits per heavy atom. The number of benzene rings is 3. The third-order valence-electron chi connectivity index (χ3n) is 5.49. The molecule has 1 amide bonds. The van der Waals surface area contributed by atoms with Gasteiger partial charge in [-0.15, -0.1) is 0 Å². The van der Waals surface area contributed by atoms with Gasteiger partial charge in [-0.25, -0.2) is 0 Å². The van der Waals surface area contributed by atoms with Crippen molar-refractivity contribution in [2.45, 2.75) is 24.7 Å². The second-order valence-electron chi connectivity index (χ2n) is 7.19. The maximum atomic E-state index is 11.5. The van der Waals surface area contributed by atoms with Gasteiger partial charge in [0, 0.05) is 5.41 Å². The van der Waals surface area contributed by atoms with Gasteiger partial charge in [0.25, 0.3) is 0 Å². The van der Waals surface area contributed by atoms with Crippen LogP contribution in [0.3, 0.4) is 0 Å². The summed E-state index contributed by atoms with van der Waals surface area (Å²) in [6.45, 7) is 0. The van der Waals surface area contributed by atoms with Crippen LogP contribution < -0.4 is 5.73 Å².